The van der Waals surface area contributed by atoms with E-state index >= 15 is 0 Å². The van der Waals surface area contributed by atoms with E-state index in [-0.39, 0.29) is 18.7 Å². The Morgan fingerprint density at radius 2 is 2.07 bits per heavy atom. The quantitative estimate of drug-likeness (QED) is 0.321. The van der Waals surface area contributed by atoms with E-state index in [1.807, 2.05) is 48.7 Å². The number of aromatic amines is 1. The van der Waals surface area contributed by atoms with Gasteiger partial charge in [-0.15, -0.1) is 21.5 Å². The summed E-state index contributed by atoms with van der Waals surface area (Å²) in [7, 11) is 0. The minimum Gasteiger partial charge on any atom is -0.481 e. The number of ketones is 1. The Morgan fingerprint density at radius 3 is 2.83 bits per heavy atom. The first-order valence-electron chi connectivity index (χ1n) is 9.00. The molecule has 7 nitrogen and oxygen atoms in total. The average molecular weight is 427 g/mol. The van der Waals surface area contributed by atoms with Crippen LogP contribution in [0.2, 0.25) is 0 Å². The van der Waals surface area contributed by atoms with Gasteiger partial charge >= 0.3 is 5.97 Å². The van der Waals surface area contributed by atoms with Crippen LogP contribution >= 0.6 is 23.1 Å². The fourth-order valence-corrected chi connectivity index (χ4v) is 4.74. The van der Waals surface area contributed by atoms with Crippen LogP contribution in [0.5, 0.6) is 0 Å². The van der Waals surface area contributed by atoms with E-state index in [1.165, 1.54) is 23.1 Å². The maximum absolute atomic E-state index is 13.0. The van der Waals surface area contributed by atoms with Crippen LogP contribution in [0.4, 0.5) is 0 Å². The van der Waals surface area contributed by atoms with Crippen LogP contribution in [0, 0.1) is 0 Å². The first kappa shape index (κ1) is 19.4. The number of nitrogens with one attached hydrogen (secondary N) is 1. The number of Topliss-reactive ketones (excluding diaryl/α,β-unsaturated/α-hetero) is 1. The maximum atomic E-state index is 13.0. The number of benzene rings is 1. The number of hydrogen-bond donors (Lipinski definition) is 2. The molecule has 3 aromatic heterocycles. The molecule has 0 saturated heterocycles. The van der Waals surface area contributed by atoms with Crippen LogP contribution in [-0.4, -0.2) is 41.9 Å². The topological polar surface area (TPSA) is 101 Å². The second-order valence-electron chi connectivity index (χ2n) is 6.45. The number of H-pyrrole nitrogens is 1. The molecule has 29 heavy (non-hydrogen) atoms. The predicted molar refractivity (Wildman–Crippen MR) is 114 cm³/mol. The van der Waals surface area contributed by atoms with Gasteiger partial charge in [0.25, 0.3) is 0 Å². The van der Waals surface area contributed by atoms with Crippen molar-refractivity contribution in [2.45, 2.75) is 30.3 Å². The molecular formula is C20H18N4O3S2. The largest absolute Gasteiger partial charge is 0.481 e. The van der Waals surface area contributed by atoms with Crippen molar-refractivity contribution in [1.82, 2.24) is 19.7 Å². The summed E-state index contributed by atoms with van der Waals surface area (Å²) in [5.74, 6) is -0.289. The number of hydrogen-bond acceptors (Lipinski definition) is 6. The molecule has 0 fully saturated rings. The number of fused-ring (bicyclic) bond motifs is 1. The molecule has 1 atom stereocenters. The van der Waals surface area contributed by atoms with Crippen molar-refractivity contribution in [1.29, 1.82) is 0 Å². The summed E-state index contributed by atoms with van der Waals surface area (Å²) < 4.78 is 1.78. The van der Waals surface area contributed by atoms with Gasteiger partial charge in [-0.25, -0.2) is 0 Å². The Bertz CT molecular complexity index is 1160. The highest BCUT2D eigenvalue weighted by Crippen LogP contribution is 2.31. The first-order chi connectivity index (χ1) is 14.0. The molecule has 0 amide bonds. The highest BCUT2D eigenvalue weighted by atomic mass is 32.2. The van der Waals surface area contributed by atoms with Crippen molar-refractivity contribution in [3.05, 3.63) is 53.5 Å². The summed E-state index contributed by atoms with van der Waals surface area (Å²) in [6, 6.07) is 11.5. The van der Waals surface area contributed by atoms with Crippen molar-refractivity contribution in [3.63, 3.8) is 0 Å². The standard InChI is InChI=1S/C20H18N4O3S2/c1-12(18(27)14-11-21-15-6-3-2-5-13(14)15)29-20-23-22-19(16-7-4-10-28-16)24(20)9-8-17(25)26/h2-7,10-12,21H,8-9H2,1H3,(H,25,26)/t12-/m0/s1. The van der Waals surface area contributed by atoms with Gasteiger partial charge in [-0.05, 0) is 24.4 Å². The Morgan fingerprint density at radius 1 is 1.24 bits per heavy atom. The van der Waals surface area contributed by atoms with Crippen LogP contribution in [0.3, 0.4) is 0 Å². The minimum atomic E-state index is -0.894. The van der Waals surface area contributed by atoms with Gasteiger partial charge in [0, 0.05) is 29.2 Å². The molecule has 0 saturated carbocycles. The molecule has 0 aliphatic rings. The van der Waals surface area contributed by atoms with E-state index in [4.69, 9.17) is 5.11 Å². The van der Waals surface area contributed by atoms with Crippen LogP contribution in [0.15, 0.2) is 53.1 Å². The Balaban J connectivity index is 1.61. The van der Waals surface area contributed by atoms with Crippen molar-refractivity contribution in [2.75, 3.05) is 0 Å². The third-order valence-electron chi connectivity index (χ3n) is 4.51. The number of carbonyl (C=O) groups is 2. The van der Waals surface area contributed by atoms with Crippen LogP contribution in [-0.2, 0) is 11.3 Å². The molecule has 9 heteroatoms. The van der Waals surface area contributed by atoms with Crippen molar-refractivity contribution in [3.8, 4) is 10.7 Å². The van der Waals surface area contributed by atoms with Gasteiger partial charge in [0.15, 0.2) is 16.8 Å². The Hall–Kier alpha value is -2.91. The number of aromatic nitrogens is 4. The van der Waals surface area contributed by atoms with E-state index in [0.29, 0.717) is 16.5 Å². The number of rotatable bonds is 8. The number of carboxylic acid groups (broad SMARTS) is 1. The lowest BCUT2D eigenvalue weighted by molar-refractivity contribution is -0.137. The summed E-state index contributed by atoms with van der Waals surface area (Å²) in [5, 5.41) is 20.6. The average Bonchev–Trinajstić information content (AvgIpc) is 3.45. The zero-order valence-corrected chi connectivity index (χ0v) is 17.2. The summed E-state index contributed by atoms with van der Waals surface area (Å²) in [6.45, 7) is 2.07. The molecule has 0 unspecified atom stereocenters. The highest BCUT2D eigenvalue weighted by Gasteiger charge is 2.24. The molecule has 0 radical (unpaired) electrons. The molecule has 1 aromatic carbocycles. The monoisotopic (exact) mass is 426 g/mol. The second-order valence-corrected chi connectivity index (χ2v) is 8.71. The number of thiophene rings is 1. The first-order valence-corrected chi connectivity index (χ1v) is 10.8. The van der Waals surface area contributed by atoms with Gasteiger partial charge in [-0.1, -0.05) is 36.0 Å². The fraction of sp³-hybridized carbons (Fsp3) is 0.200. The lowest BCUT2D eigenvalue weighted by Gasteiger charge is -2.12. The SMILES string of the molecule is C[C@H](Sc1nnc(-c2cccs2)n1CCC(=O)O)C(=O)c1c[nH]c2ccccc12. The summed E-state index contributed by atoms with van der Waals surface area (Å²) in [5.41, 5.74) is 1.55. The van der Waals surface area contributed by atoms with E-state index < -0.39 is 11.2 Å². The van der Waals surface area contributed by atoms with Crippen LogP contribution in [0.1, 0.15) is 23.7 Å². The van der Waals surface area contributed by atoms with E-state index in [9.17, 15) is 9.59 Å². The van der Waals surface area contributed by atoms with E-state index in [1.54, 1.807) is 10.8 Å². The summed E-state index contributed by atoms with van der Waals surface area (Å²) in [4.78, 5) is 28.2. The number of para-hydroxylation sites is 1. The van der Waals surface area contributed by atoms with Gasteiger partial charge < -0.3 is 14.7 Å². The molecule has 2 N–H and O–H groups in total. The highest BCUT2D eigenvalue weighted by molar-refractivity contribution is 8.00. The smallest absolute Gasteiger partial charge is 0.305 e. The molecule has 0 aliphatic carbocycles. The third kappa shape index (κ3) is 3.96. The molecule has 148 valence electrons. The molecular weight excluding hydrogens is 408 g/mol. The molecule has 0 spiro atoms. The second kappa shape index (κ2) is 8.22. The van der Waals surface area contributed by atoms with Crippen molar-refractivity contribution < 1.29 is 14.7 Å². The third-order valence-corrected chi connectivity index (χ3v) is 6.46. The molecule has 0 bridgehead atoms. The molecule has 0 aliphatic heterocycles. The molecule has 4 aromatic rings. The number of carbonyl (C=O) groups excluding carboxylic acids is 1. The van der Waals surface area contributed by atoms with Gasteiger partial charge in [-0.3, -0.25) is 9.59 Å². The number of carboxylic acids is 1. The predicted octanol–water partition coefficient (Wildman–Crippen LogP) is 4.33. The van der Waals surface area contributed by atoms with Crippen molar-refractivity contribution in [2.24, 2.45) is 0 Å². The van der Waals surface area contributed by atoms with E-state index in [0.717, 1.165) is 15.8 Å². The van der Waals surface area contributed by atoms with Gasteiger partial charge in [-0.2, -0.15) is 0 Å². The number of nitrogens with zero attached hydrogens (tertiary/aromatic N) is 3. The zero-order valence-electron chi connectivity index (χ0n) is 15.5. The summed E-state index contributed by atoms with van der Waals surface area (Å²) in [6.07, 6.45) is 1.69. The van der Waals surface area contributed by atoms with Gasteiger partial charge in [0.1, 0.15) is 0 Å². The van der Waals surface area contributed by atoms with E-state index in [2.05, 4.69) is 15.2 Å². The van der Waals surface area contributed by atoms with Crippen LogP contribution < -0.4 is 0 Å². The molecule has 3 heterocycles. The Kier molecular flexibility index (Phi) is 5.50. The van der Waals surface area contributed by atoms with Crippen LogP contribution in [0.25, 0.3) is 21.6 Å². The summed E-state index contributed by atoms with van der Waals surface area (Å²) >= 11 is 2.80. The zero-order chi connectivity index (χ0) is 20.4. The Labute approximate surface area is 174 Å². The minimum absolute atomic E-state index is 0.0158. The lowest BCUT2D eigenvalue weighted by atomic mass is 10.1. The van der Waals surface area contributed by atoms with Gasteiger partial charge in [0.2, 0.25) is 0 Å². The lowest BCUT2D eigenvalue weighted by Crippen LogP contribution is -2.15. The maximum Gasteiger partial charge on any atom is 0.305 e. The molecule has 4 rings (SSSR count). The number of thioether (sulfide) groups is 1. The fourth-order valence-electron chi connectivity index (χ4n) is 3.08. The number of aliphatic carboxylic acids is 1. The van der Waals surface area contributed by atoms with Gasteiger partial charge in [0.05, 0.1) is 16.5 Å². The normalized spacial score (nSPS) is 12.3. The van der Waals surface area contributed by atoms with Crippen molar-refractivity contribution >= 4 is 45.8 Å².